The number of morpholine rings is 1. The van der Waals surface area contributed by atoms with Crippen molar-refractivity contribution in [2.75, 3.05) is 40.3 Å². The van der Waals surface area contributed by atoms with Crippen LogP contribution >= 0.6 is 0 Å². The van der Waals surface area contributed by atoms with E-state index in [4.69, 9.17) is 4.74 Å². The second kappa shape index (κ2) is 8.97. The van der Waals surface area contributed by atoms with Crippen LogP contribution in [0.3, 0.4) is 0 Å². The van der Waals surface area contributed by atoms with Gasteiger partial charge in [-0.05, 0) is 69.9 Å². The summed E-state index contributed by atoms with van der Waals surface area (Å²) in [6.45, 7) is 2.59. The SMILES string of the molecule is CN(C)CCCC1CN(C(=O)N[C@@H]2CCCc3c(F)cc(F)cc32)CCO1. The summed E-state index contributed by atoms with van der Waals surface area (Å²) in [7, 11) is 4.07. The number of hydrogen-bond donors (Lipinski definition) is 1. The van der Waals surface area contributed by atoms with Gasteiger partial charge in [0.25, 0.3) is 0 Å². The lowest BCUT2D eigenvalue weighted by Gasteiger charge is -2.35. The first-order valence-corrected chi connectivity index (χ1v) is 9.73. The standard InChI is InChI=1S/C20H29F2N3O2/c1-24(2)8-4-5-15-13-25(9-10-27-15)20(26)23-19-7-3-6-16-17(19)11-14(21)12-18(16)22/h11-12,15,19H,3-10,13H2,1-2H3,(H,23,26)/t15?,19-/m1/s1. The Morgan fingerprint density at radius 2 is 2.19 bits per heavy atom. The molecule has 27 heavy (non-hydrogen) atoms. The molecule has 1 fully saturated rings. The lowest BCUT2D eigenvalue weighted by Crippen LogP contribution is -2.50. The van der Waals surface area contributed by atoms with E-state index in [0.29, 0.717) is 43.7 Å². The Morgan fingerprint density at radius 3 is 2.96 bits per heavy atom. The van der Waals surface area contributed by atoms with E-state index in [0.717, 1.165) is 31.9 Å². The monoisotopic (exact) mass is 381 g/mol. The molecular weight excluding hydrogens is 352 g/mol. The van der Waals surface area contributed by atoms with Crippen molar-refractivity contribution in [3.05, 3.63) is 34.9 Å². The summed E-state index contributed by atoms with van der Waals surface area (Å²) >= 11 is 0. The van der Waals surface area contributed by atoms with Crippen LogP contribution in [0.1, 0.15) is 42.9 Å². The number of fused-ring (bicyclic) bond motifs is 1. The smallest absolute Gasteiger partial charge is 0.318 e. The number of amides is 2. The van der Waals surface area contributed by atoms with E-state index >= 15 is 0 Å². The van der Waals surface area contributed by atoms with Gasteiger partial charge in [-0.1, -0.05) is 0 Å². The van der Waals surface area contributed by atoms with E-state index in [9.17, 15) is 13.6 Å². The van der Waals surface area contributed by atoms with E-state index < -0.39 is 11.6 Å². The molecule has 1 saturated heterocycles. The van der Waals surface area contributed by atoms with Crippen molar-refractivity contribution < 1.29 is 18.3 Å². The highest BCUT2D eigenvalue weighted by atomic mass is 19.1. The third-order valence-corrected chi connectivity index (χ3v) is 5.34. The summed E-state index contributed by atoms with van der Waals surface area (Å²) in [4.78, 5) is 16.6. The van der Waals surface area contributed by atoms with E-state index in [1.807, 2.05) is 14.1 Å². The number of ether oxygens (including phenoxy) is 1. The summed E-state index contributed by atoms with van der Waals surface area (Å²) in [5, 5.41) is 2.98. The highest BCUT2D eigenvalue weighted by Gasteiger charge is 2.29. The zero-order valence-electron chi connectivity index (χ0n) is 16.1. The number of halogens is 2. The average molecular weight is 381 g/mol. The Labute approximate surface area is 159 Å². The van der Waals surface area contributed by atoms with Crippen molar-refractivity contribution in [2.24, 2.45) is 0 Å². The Kier molecular flexibility index (Phi) is 6.65. The molecule has 0 aromatic heterocycles. The number of nitrogens with zero attached hydrogens (tertiary/aromatic N) is 2. The maximum Gasteiger partial charge on any atom is 0.318 e. The fourth-order valence-electron chi connectivity index (χ4n) is 3.94. The fourth-order valence-corrected chi connectivity index (χ4v) is 3.94. The molecular formula is C20H29F2N3O2. The highest BCUT2D eigenvalue weighted by molar-refractivity contribution is 5.75. The molecule has 150 valence electrons. The van der Waals surface area contributed by atoms with Gasteiger partial charge in [0.2, 0.25) is 0 Å². The van der Waals surface area contributed by atoms with Crippen molar-refractivity contribution in [3.63, 3.8) is 0 Å². The predicted octanol–water partition coefficient (Wildman–Crippen LogP) is 3.09. The molecule has 2 amide bonds. The Balaban J connectivity index is 1.59. The molecule has 1 N–H and O–H groups in total. The second-order valence-corrected chi connectivity index (χ2v) is 7.73. The van der Waals surface area contributed by atoms with Crippen molar-refractivity contribution in [2.45, 2.75) is 44.2 Å². The molecule has 0 spiro atoms. The van der Waals surface area contributed by atoms with Crippen molar-refractivity contribution in [1.82, 2.24) is 15.1 Å². The van der Waals surface area contributed by atoms with Crippen LogP contribution in [0.5, 0.6) is 0 Å². The topological polar surface area (TPSA) is 44.8 Å². The van der Waals surface area contributed by atoms with Gasteiger partial charge in [0.1, 0.15) is 11.6 Å². The van der Waals surface area contributed by atoms with Crippen LogP contribution in [0, 0.1) is 11.6 Å². The van der Waals surface area contributed by atoms with E-state index in [2.05, 4.69) is 10.2 Å². The van der Waals surface area contributed by atoms with E-state index in [-0.39, 0.29) is 18.2 Å². The summed E-state index contributed by atoms with van der Waals surface area (Å²) in [5.41, 5.74) is 1.10. The van der Waals surface area contributed by atoms with Crippen LogP contribution < -0.4 is 5.32 Å². The van der Waals surface area contributed by atoms with Gasteiger partial charge in [-0.15, -0.1) is 0 Å². The van der Waals surface area contributed by atoms with Crippen molar-refractivity contribution in [3.8, 4) is 0 Å². The van der Waals surface area contributed by atoms with Crippen LogP contribution in [-0.2, 0) is 11.2 Å². The predicted molar refractivity (Wildman–Crippen MR) is 99.7 cm³/mol. The third-order valence-electron chi connectivity index (χ3n) is 5.34. The normalized spacial score (nSPS) is 22.6. The van der Waals surface area contributed by atoms with Gasteiger partial charge < -0.3 is 19.9 Å². The molecule has 1 heterocycles. The Bertz CT molecular complexity index is 669. The number of nitrogens with one attached hydrogen (secondary N) is 1. The first-order valence-electron chi connectivity index (χ1n) is 9.73. The quantitative estimate of drug-likeness (QED) is 0.853. The number of hydrogen-bond acceptors (Lipinski definition) is 3. The second-order valence-electron chi connectivity index (χ2n) is 7.73. The Hall–Kier alpha value is -1.73. The molecule has 0 saturated carbocycles. The minimum absolute atomic E-state index is 0.0398. The van der Waals surface area contributed by atoms with Gasteiger partial charge in [-0.2, -0.15) is 0 Å². The molecule has 1 aromatic rings. The highest BCUT2D eigenvalue weighted by Crippen LogP contribution is 2.32. The summed E-state index contributed by atoms with van der Waals surface area (Å²) < 4.78 is 33.5. The molecule has 1 unspecified atom stereocenters. The van der Waals surface area contributed by atoms with Gasteiger partial charge in [-0.25, -0.2) is 13.6 Å². The minimum Gasteiger partial charge on any atom is -0.375 e. The van der Waals surface area contributed by atoms with Crippen LogP contribution in [0.25, 0.3) is 0 Å². The molecule has 2 atom stereocenters. The first-order chi connectivity index (χ1) is 12.9. The molecule has 1 aliphatic heterocycles. The molecule has 2 aliphatic rings. The van der Waals surface area contributed by atoms with Crippen molar-refractivity contribution >= 4 is 6.03 Å². The van der Waals surface area contributed by atoms with Gasteiger partial charge >= 0.3 is 6.03 Å². The molecule has 0 bridgehead atoms. The van der Waals surface area contributed by atoms with Gasteiger partial charge in [-0.3, -0.25) is 0 Å². The minimum atomic E-state index is -0.597. The van der Waals surface area contributed by atoms with Crippen LogP contribution in [0.4, 0.5) is 13.6 Å². The maximum absolute atomic E-state index is 14.0. The lowest BCUT2D eigenvalue weighted by atomic mass is 9.87. The van der Waals surface area contributed by atoms with Gasteiger partial charge in [0, 0.05) is 19.2 Å². The Morgan fingerprint density at radius 1 is 1.37 bits per heavy atom. The molecule has 5 nitrogen and oxygen atoms in total. The first kappa shape index (κ1) is 20.0. The van der Waals surface area contributed by atoms with E-state index in [1.165, 1.54) is 6.07 Å². The molecule has 7 heteroatoms. The molecule has 1 aliphatic carbocycles. The number of rotatable bonds is 5. The van der Waals surface area contributed by atoms with Gasteiger partial charge in [0.05, 0.1) is 18.8 Å². The summed E-state index contributed by atoms with van der Waals surface area (Å²) in [5.74, 6) is -1.11. The number of carbonyl (C=O) groups excluding carboxylic acids is 1. The van der Waals surface area contributed by atoms with Crippen LogP contribution in [0.15, 0.2) is 12.1 Å². The molecule has 3 rings (SSSR count). The fraction of sp³-hybridized carbons (Fsp3) is 0.650. The van der Waals surface area contributed by atoms with Crippen molar-refractivity contribution in [1.29, 1.82) is 0 Å². The number of urea groups is 1. The molecule has 1 aromatic carbocycles. The third kappa shape index (κ3) is 5.17. The maximum atomic E-state index is 14.0. The average Bonchev–Trinajstić information content (AvgIpc) is 2.62. The lowest BCUT2D eigenvalue weighted by molar-refractivity contribution is -0.0197. The zero-order valence-corrected chi connectivity index (χ0v) is 16.1. The van der Waals surface area contributed by atoms with E-state index in [1.54, 1.807) is 4.90 Å². The zero-order chi connectivity index (χ0) is 19.4. The largest absolute Gasteiger partial charge is 0.375 e. The van der Waals surface area contributed by atoms with Gasteiger partial charge in [0.15, 0.2) is 0 Å². The number of carbonyl (C=O) groups is 1. The van der Waals surface area contributed by atoms with Crippen LogP contribution in [-0.4, -0.2) is 62.3 Å². The summed E-state index contributed by atoms with van der Waals surface area (Å²) in [6, 6.07) is 1.75. The summed E-state index contributed by atoms with van der Waals surface area (Å²) in [6.07, 6.45) is 4.01. The van der Waals surface area contributed by atoms with Crippen LogP contribution in [0.2, 0.25) is 0 Å². The molecule has 0 radical (unpaired) electrons. The number of benzene rings is 1.